The van der Waals surface area contributed by atoms with Crippen LogP contribution in [0, 0.1) is 5.41 Å². The molecule has 1 aliphatic rings. The van der Waals surface area contributed by atoms with E-state index in [0.29, 0.717) is 11.1 Å². The van der Waals surface area contributed by atoms with Gasteiger partial charge in [0.1, 0.15) is 17.2 Å². The third-order valence-corrected chi connectivity index (χ3v) is 4.37. The Kier molecular flexibility index (Phi) is 5.37. The van der Waals surface area contributed by atoms with Crippen molar-refractivity contribution in [2.24, 2.45) is 5.41 Å². The molecule has 1 heterocycles. The Balaban J connectivity index is 1.91. The fraction of sp³-hybridized carbons (Fsp3) is 0.381. The third kappa shape index (κ3) is 4.77. The number of aromatic hydroxyl groups is 4. The molecule has 0 aromatic heterocycles. The molecule has 0 saturated heterocycles. The first-order chi connectivity index (χ1) is 13.5. The number of benzene rings is 2. The van der Waals surface area contributed by atoms with Crippen LogP contribution in [-0.4, -0.2) is 39.3 Å². The zero-order valence-corrected chi connectivity index (χ0v) is 16.4. The quantitative estimate of drug-likeness (QED) is 0.450. The molecular formula is C21H24O8. The maximum Gasteiger partial charge on any atom is 0.508 e. The van der Waals surface area contributed by atoms with Crippen molar-refractivity contribution in [3.8, 4) is 28.7 Å². The fourth-order valence-electron chi connectivity index (χ4n) is 2.98. The Morgan fingerprint density at radius 3 is 2.45 bits per heavy atom. The van der Waals surface area contributed by atoms with Crippen molar-refractivity contribution in [2.45, 2.75) is 39.4 Å². The fourth-order valence-corrected chi connectivity index (χ4v) is 2.98. The summed E-state index contributed by atoms with van der Waals surface area (Å²) in [6, 6.07) is 6.62. The van der Waals surface area contributed by atoms with Gasteiger partial charge in [-0.05, 0) is 17.5 Å². The molecule has 2 aromatic carbocycles. The van der Waals surface area contributed by atoms with E-state index in [2.05, 4.69) is 0 Å². The number of carbonyl (C=O) groups is 1. The number of hydrogen-bond donors (Lipinski definition) is 4. The van der Waals surface area contributed by atoms with Crippen LogP contribution in [0.15, 0.2) is 30.3 Å². The van der Waals surface area contributed by atoms with Crippen molar-refractivity contribution in [3.05, 3.63) is 41.5 Å². The highest BCUT2D eigenvalue weighted by Gasteiger charge is 2.37. The molecular weight excluding hydrogens is 380 g/mol. The summed E-state index contributed by atoms with van der Waals surface area (Å²) < 4.78 is 16.5. The number of phenols is 4. The average Bonchev–Trinajstić information content (AvgIpc) is 2.62. The first-order valence-corrected chi connectivity index (χ1v) is 9.10. The molecule has 8 nitrogen and oxygen atoms in total. The monoisotopic (exact) mass is 404 g/mol. The Morgan fingerprint density at radius 2 is 1.79 bits per heavy atom. The van der Waals surface area contributed by atoms with Crippen molar-refractivity contribution < 1.29 is 39.4 Å². The second kappa shape index (κ2) is 7.62. The number of ether oxygens (including phenoxy) is 3. The van der Waals surface area contributed by atoms with Gasteiger partial charge in [-0.3, -0.25) is 0 Å². The van der Waals surface area contributed by atoms with E-state index in [0.717, 1.165) is 0 Å². The molecule has 156 valence electrons. The summed E-state index contributed by atoms with van der Waals surface area (Å²) >= 11 is 0. The van der Waals surface area contributed by atoms with Gasteiger partial charge in [-0.1, -0.05) is 26.8 Å². The summed E-state index contributed by atoms with van der Waals surface area (Å²) in [5.41, 5.74) is 0.560. The van der Waals surface area contributed by atoms with Gasteiger partial charge in [-0.15, -0.1) is 0 Å². The largest absolute Gasteiger partial charge is 0.508 e. The molecule has 0 fully saturated rings. The van der Waals surface area contributed by atoms with E-state index in [1.54, 1.807) is 0 Å². The predicted octanol–water partition coefficient (Wildman–Crippen LogP) is 3.75. The molecule has 2 atom stereocenters. The summed E-state index contributed by atoms with van der Waals surface area (Å²) in [7, 11) is 0. The average molecular weight is 404 g/mol. The van der Waals surface area contributed by atoms with Gasteiger partial charge in [-0.2, -0.15) is 0 Å². The molecule has 0 radical (unpaired) electrons. The number of hydrogen-bond acceptors (Lipinski definition) is 8. The van der Waals surface area contributed by atoms with Gasteiger partial charge in [0.25, 0.3) is 0 Å². The molecule has 29 heavy (non-hydrogen) atoms. The van der Waals surface area contributed by atoms with E-state index >= 15 is 0 Å². The summed E-state index contributed by atoms with van der Waals surface area (Å²) in [4.78, 5) is 12.2. The van der Waals surface area contributed by atoms with E-state index in [9.17, 15) is 25.2 Å². The predicted molar refractivity (Wildman–Crippen MR) is 102 cm³/mol. The van der Waals surface area contributed by atoms with E-state index < -0.39 is 18.4 Å². The maximum absolute atomic E-state index is 12.2. The van der Waals surface area contributed by atoms with Gasteiger partial charge in [0.15, 0.2) is 23.7 Å². The summed E-state index contributed by atoms with van der Waals surface area (Å²) in [5, 5.41) is 39.3. The molecule has 0 bridgehead atoms. The molecule has 0 aliphatic carbocycles. The first-order valence-electron chi connectivity index (χ1n) is 9.10. The lowest BCUT2D eigenvalue weighted by Gasteiger charge is -2.33. The van der Waals surface area contributed by atoms with E-state index in [1.165, 1.54) is 30.3 Å². The van der Waals surface area contributed by atoms with Crippen LogP contribution >= 0.6 is 0 Å². The van der Waals surface area contributed by atoms with Crippen molar-refractivity contribution in [2.75, 3.05) is 6.61 Å². The minimum absolute atomic E-state index is 0.0956. The molecule has 2 aromatic rings. The normalized spacial score (nSPS) is 18.4. The van der Waals surface area contributed by atoms with Crippen LogP contribution in [0.25, 0.3) is 0 Å². The molecule has 1 aliphatic heterocycles. The summed E-state index contributed by atoms with van der Waals surface area (Å²) in [5.74, 6) is -0.809. The van der Waals surface area contributed by atoms with Gasteiger partial charge in [0.2, 0.25) is 0 Å². The van der Waals surface area contributed by atoms with Crippen LogP contribution in [0.5, 0.6) is 28.7 Å². The molecule has 0 amide bonds. The van der Waals surface area contributed by atoms with Gasteiger partial charge in [0.05, 0.1) is 6.61 Å². The highest BCUT2D eigenvalue weighted by Crippen LogP contribution is 2.43. The van der Waals surface area contributed by atoms with Crippen molar-refractivity contribution in [1.29, 1.82) is 0 Å². The third-order valence-electron chi connectivity index (χ3n) is 4.37. The Hall–Kier alpha value is -3.29. The molecule has 0 spiro atoms. The molecule has 0 saturated carbocycles. The highest BCUT2D eigenvalue weighted by molar-refractivity contribution is 5.61. The Bertz CT molecular complexity index is 916. The second-order valence-electron chi connectivity index (χ2n) is 8.19. The standard InChI is InChI=1S/C21H24O8/c1-21(2,3)10-27-20(26)29-18-9-13-15(24)7-12(22)8-17(13)28-19(18)11-4-5-14(23)16(25)6-11/h4-8,18-19,22-25H,9-10H2,1-3H3/t18-,19+/m1/s1. The Labute approximate surface area is 167 Å². The van der Waals surface area contributed by atoms with Crippen LogP contribution in [0.3, 0.4) is 0 Å². The van der Waals surface area contributed by atoms with Crippen molar-refractivity contribution in [3.63, 3.8) is 0 Å². The highest BCUT2D eigenvalue weighted by atomic mass is 16.7. The van der Waals surface area contributed by atoms with Gasteiger partial charge >= 0.3 is 6.16 Å². The van der Waals surface area contributed by atoms with Gasteiger partial charge < -0.3 is 34.6 Å². The van der Waals surface area contributed by atoms with E-state index in [-0.39, 0.29) is 47.2 Å². The van der Waals surface area contributed by atoms with Crippen LogP contribution in [0.4, 0.5) is 4.79 Å². The van der Waals surface area contributed by atoms with Crippen molar-refractivity contribution >= 4 is 6.16 Å². The smallest absolute Gasteiger partial charge is 0.508 e. The lowest BCUT2D eigenvalue weighted by Crippen LogP contribution is -2.35. The number of fused-ring (bicyclic) bond motifs is 1. The first kappa shape index (κ1) is 20.4. The Morgan fingerprint density at radius 1 is 1.07 bits per heavy atom. The molecule has 3 rings (SSSR count). The molecule has 8 heteroatoms. The van der Waals surface area contributed by atoms with Crippen LogP contribution < -0.4 is 4.74 Å². The van der Waals surface area contributed by atoms with Crippen LogP contribution in [0.1, 0.15) is 38.0 Å². The lowest BCUT2D eigenvalue weighted by molar-refractivity contribution is -0.0397. The van der Waals surface area contributed by atoms with Crippen LogP contribution in [-0.2, 0) is 15.9 Å². The maximum atomic E-state index is 12.2. The zero-order chi connectivity index (χ0) is 21.3. The summed E-state index contributed by atoms with van der Waals surface area (Å²) in [6.45, 7) is 5.88. The van der Waals surface area contributed by atoms with E-state index in [1.807, 2.05) is 20.8 Å². The van der Waals surface area contributed by atoms with Crippen molar-refractivity contribution in [1.82, 2.24) is 0 Å². The number of rotatable bonds is 3. The van der Waals surface area contributed by atoms with E-state index in [4.69, 9.17) is 14.2 Å². The van der Waals surface area contributed by atoms with Crippen LogP contribution in [0.2, 0.25) is 0 Å². The second-order valence-corrected chi connectivity index (χ2v) is 8.19. The van der Waals surface area contributed by atoms with Gasteiger partial charge in [0, 0.05) is 29.7 Å². The summed E-state index contributed by atoms with van der Waals surface area (Å²) in [6.07, 6.45) is -2.53. The zero-order valence-electron chi connectivity index (χ0n) is 16.4. The molecule has 4 N–H and O–H groups in total. The number of phenolic OH excluding ortho intramolecular Hbond substituents is 4. The van der Waals surface area contributed by atoms with Gasteiger partial charge in [-0.25, -0.2) is 4.79 Å². The minimum atomic E-state index is -0.886. The number of carbonyl (C=O) groups excluding carboxylic acids is 1. The lowest BCUT2D eigenvalue weighted by atomic mass is 9.93. The topological polar surface area (TPSA) is 126 Å². The minimum Gasteiger partial charge on any atom is -0.508 e. The molecule has 0 unspecified atom stereocenters. The SMILES string of the molecule is CC(C)(C)COC(=O)O[C@@H]1Cc2c(O)cc(O)cc2O[C@H]1c1ccc(O)c(O)c1.